The van der Waals surface area contributed by atoms with Crippen molar-refractivity contribution in [2.75, 3.05) is 20.3 Å². The molecular formula is C26H28N2O4. The van der Waals surface area contributed by atoms with E-state index in [-0.39, 0.29) is 12.0 Å². The van der Waals surface area contributed by atoms with Crippen molar-refractivity contribution in [3.63, 3.8) is 0 Å². The molecule has 1 amide bonds. The SMILES string of the molecule is COc1cc(CN(Cc2cccnc2)C(=O)c2ccc(C)cc2)ccc1O[C@@H]1CCOC1. The predicted octanol–water partition coefficient (Wildman–Crippen LogP) is 4.41. The maximum Gasteiger partial charge on any atom is 0.254 e. The smallest absolute Gasteiger partial charge is 0.254 e. The van der Waals surface area contributed by atoms with Crippen molar-refractivity contribution >= 4 is 5.91 Å². The third-order valence-corrected chi connectivity index (χ3v) is 5.46. The fourth-order valence-corrected chi connectivity index (χ4v) is 3.70. The lowest BCUT2D eigenvalue weighted by Gasteiger charge is -2.24. The Kier molecular flexibility index (Phi) is 7.02. The van der Waals surface area contributed by atoms with E-state index in [4.69, 9.17) is 14.2 Å². The predicted molar refractivity (Wildman–Crippen MR) is 122 cm³/mol. The molecule has 0 unspecified atom stereocenters. The molecule has 1 atom stereocenters. The van der Waals surface area contributed by atoms with Gasteiger partial charge in [-0.25, -0.2) is 0 Å². The normalized spacial score (nSPS) is 15.4. The van der Waals surface area contributed by atoms with E-state index in [0.29, 0.717) is 36.8 Å². The van der Waals surface area contributed by atoms with E-state index in [1.807, 2.05) is 66.4 Å². The van der Waals surface area contributed by atoms with Gasteiger partial charge in [0.1, 0.15) is 6.10 Å². The number of pyridine rings is 1. The minimum atomic E-state index is -0.0312. The molecule has 0 saturated carbocycles. The number of carbonyl (C=O) groups excluding carboxylic acids is 1. The summed E-state index contributed by atoms with van der Waals surface area (Å²) in [5.74, 6) is 1.31. The Hall–Kier alpha value is -3.38. The van der Waals surface area contributed by atoms with Gasteiger partial charge in [-0.1, -0.05) is 29.8 Å². The number of benzene rings is 2. The first-order valence-electron chi connectivity index (χ1n) is 10.8. The first-order valence-corrected chi connectivity index (χ1v) is 10.8. The molecule has 0 bridgehead atoms. The van der Waals surface area contributed by atoms with E-state index < -0.39 is 0 Å². The highest BCUT2D eigenvalue weighted by Crippen LogP contribution is 2.31. The zero-order valence-corrected chi connectivity index (χ0v) is 18.5. The van der Waals surface area contributed by atoms with Gasteiger partial charge in [0.25, 0.3) is 5.91 Å². The van der Waals surface area contributed by atoms with Gasteiger partial charge in [0.15, 0.2) is 11.5 Å². The summed E-state index contributed by atoms with van der Waals surface area (Å²) >= 11 is 0. The molecule has 6 nitrogen and oxygen atoms in total. The van der Waals surface area contributed by atoms with Gasteiger partial charge in [-0.3, -0.25) is 9.78 Å². The van der Waals surface area contributed by atoms with Crippen molar-refractivity contribution in [2.45, 2.75) is 32.5 Å². The lowest BCUT2D eigenvalue weighted by atomic mass is 10.1. The van der Waals surface area contributed by atoms with Gasteiger partial charge in [-0.05, 0) is 48.4 Å². The zero-order chi connectivity index (χ0) is 22.3. The molecule has 0 N–H and O–H groups in total. The van der Waals surface area contributed by atoms with Crippen molar-refractivity contribution in [1.29, 1.82) is 0 Å². The van der Waals surface area contributed by atoms with E-state index in [1.54, 1.807) is 19.5 Å². The van der Waals surface area contributed by atoms with E-state index >= 15 is 0 Å². The van der Waals surface area contributed by atoms with Crippen LogP contribution >= 0.6 is 0 Å². The molecule has 1 aromatic heterocycles. The van der Waals surface area contributed by atoms with Gasteiger partial charge in [0, 0.05) is 37.5 Å². The number of methoxy groups -OCH3 is 1. The first kappa shape index (κ1) is 21.8. The zero-order valence-electron chi connectivity index (χ0n) is 18.5. The highest BCUT2D eigenvalue weighted by Gasteiger charge is 2.21. The summed E-state index contributed by atoms with van der Waals surface area (Å²) in [5, 5.41) is 0. The summed E-state index contributed by atoms with van der Waals surface area (Å²) in [6.07, 6.45) is 4.43. The number of hydrogen-bond donors (Lipinski definition) is 0. The fourth-order valence-electron chi connectivity index (χ4n) is 3.70. The van der Waals surface area contributed by atoms with Gasteiger partial charge in [0.05, 0.1) is 20.3 Å². The van der Waals surface area contributed by atoms with Crippen LogP contribution < -0.4 is 9.47 Å². The van der Waals surface area contributed by atoms with E-state index in [1.165, 1.54) is 0 Å². The second kappa shape index (κ2) is 10.3. The monoisotopic (exact) mass is 432 g/mol. The largest absolute Gasteiger partial charge is 0.493 e. The van der Waals surface area contributed by atoms with Crippen LogP contribution in [-0.4, -0.2) is 42.2 Å². The minimum Gasteiger partial charge on any atom is -0.493 e. The third kappa shape index (κ3) is 5.45. The standard InChI is InChI=1S/C26H28N2O4/c1-19-5-8-22(9-6-19)26(29)28(17-21-4-3-12-27-15-21)16-20-7-10-24(25(14-20)30-2)32-23-11-13-31-18-23/h3-10,12,14-15,23H,11,13,16-18H2,1-2H3/t23-/m1/s1. The maximum absolute atomic E-state index is 13.4. The molecule has 2 aromatic carbocycles. The lowest BCUT2D eigenvalue weighted by Crippen LogP contribution is -2.30. The van der Waals surface area contributed by atoms with Crippen LogP contribution in [0.5, 0.6) is 11.5 Å². The summed E-state index contributed by atoms with van der Waals surface area (Å²) in [5.41, 5.74) is 3.71. The average molecular weight is 433 g/mol. The van der Waals surface area contributed by atoms with Crippen LogP contribution in [0.4, 0.5) is 0 Å². The third-order valence-electron chi connectivity index (χ3n) is 5.46. The molecule has 1 aliphatic rings. The Morgan fingerprint density at radius 2 is 1.91 bits per heavy atom. The molecule has 0 aliphatic carbocycles. The van der Waals surface area contributed by atoms with Crippen molar-refractivity contribution < 1.29 is 19.0 Å². The molecule has 1 saturated heterocycles. The topological polar surface area (TPSA) is 60.9 Å². The summed E-state index contributed by atoms with van der Waals surface area (Å²) in [6, 6.07) is 17.3. The van der Waals surface area contributed by atoms with Gasteiger partial charge in [-0.15, -0.1) is 0 Å². The quantitative estimate of drug-likeness (QED) is 0.528. The highest BCUT2D eigenvalue weighted by molar-refractivity contribution is 5.94. The summed E-state index contributed by atoms with van der Waals surface area (Å²) in [6.45, 7) is 4.21. The van der Waals surface area contributed by atoms with Crippen molar-refractivity contribution in [1.82, 2.24) is 9.88 Å². The molecule has 1 fully saturated rings. The number of aromatic nitrogens is 1. The molecule has 4 rings (SSSR count). The van der Waals surface area contributed by atoms with Gasteiger partial charge < -0.3 is 19.1 Å². The van der Waals surface area contributed by atoms with E-state index in [9.17, 15) is 4.79 Å². The Morgan fingerprint density at radius 1 is 1.09 bits per heavy atom. The second-order valence-corrected chi connectivity index (χ2v) is 7.98. The Bertz CT molecular complexity index is 1030. The van der Waals surface area contributed by atoms with Crippen LogP contribution in [0.25, 0.3) is 0 Å². The maximum atomic E-state index is 13.4. The average Bonchev–Trinajstić information content (AvgIpc) is 3.33. The Labute approximate surface area is 188 Å². The van der Waals surface area contributed by atoms with E-state index in [2.05, 4.69) is 4.98 Å². The van der Waals surface area contributed by atoms with E-state index in [0.717, 1.165) is 29.7 Å². The van der Waals surface area contributed by atoms with Crippen LogP contribution in [0.3, 0.4) is 0 Å². The summed E-state index contributed by atoms with van der Waals surface area (Å²) in [4.78, 5) is 19.4. The number of aryl methyl sites for hydroxylation is 1. The Morgan fingerprint density at radius 3 is 2.59 bits per heavy atom. The molecule has 0 radical (unpaired) electrons. The van der Waals surface area contributed by atoms with Crippen LogP contribution in [-0.2, 0) is 17.8 Å². The van der Waals surface area contributed by atoms with Crippen molar-refractivity contribution in [2.24, 2.45) is 0 Å². The van der Waals surface area contributed by atoms with Crippen LogP contribution in [0.2, 0.25) is 0 Å². The number of rotatable bonds is 8. The molecule has 166 valence electrons. The molecule has 3 aromatic rings. The number of carbonyl (C=O) groups is 1. The van der Waals surface area contributed by atoms with Crippen molar-refractivity contribution in [3.8, 4) is 11.5 Å². The lowest BCUT2D eigenvalue weighted by molar-refractivity contribution is 0.0729. The summed E-state index contributed by atoms with van der Waals surface area (Å²) in [7, 11) is 1.63. The molecule has 2 heterocycles. The van der Waals surface area contributed by atoms with Crippen LogP contribution in [0.15, 0.2) is 67.0 Å². The highest BCUT2D eigenvalue weighted by atomic mass is 16.6. The number of hydrogen-bond acceptors (Lipinski definition) is 5. The first-order chi connectivity index (χ1) is 15.6. The molecule has 0 spiro atoms. The number of amides is 1. The number of nitrogens with zero attached hydrogens (tertiary/aromatic N) is 2. The van der Waals surface area contributed by atoms with Gasteiger partial charge in [0.2, 0.25) is 0 Å². The van der Waals surface area contributed by atoms with Gasteiger partial charge in [-0.2, -0.15) is 0 Å². The molecule has 6 heteroatoms. The fraction of sp³-hybridized carbons (Fsp3) is 0.308. The van der Waals surface area contributed by atoms with Gasteiger partial charge >= 0.3 is 0 Å². The summed E-state index contributed by atoms with van der Waals surface area (Å²) < 4.78 is 17.0. The molecular weight excluding hydrogens is 404 g/mol. The molecule has 1 aliphatic heterocycles. The molecule has 32 heavy (non-hydrogen) atoms. The number of ether oxygens (including phenoxy) is 3. The van der Waals surface area contributed by atoms with Crippen LogP contribution in [0.1, 0.15) is 33.5 Å². The minimum absolute atomic E-state index is 0.0312. The Balaban J connectivity index is 1.56. The second-order valence-electron chi connectivity index (χ2n) is 7.98. The van der Waals surface area contributed by atoms with Crippen LogP contribution in [0, 0.1) is 6.92 Å². The van der Waals surface area contributed by atoms with Crippen molar-refractivity contribution in [3.05, 3.63) is 89.2 Å².